The summed E-state index contributed by atoms with van der Waals surface area (Å²) in [5.41, 5.74) is 0.448. The Kier molecular flexibility index (Phi) is 4.02. The minimum atomic E-state index is -0.830. The summed E-state index contributed by atoms with van der Waals surface area (Å²) in [6.07, 6.45) is 0. The van der Waals surface area contributed by atoms with Crippen LogP contribution in [0.15, 0.2) is 53.3 Å². The number of hydrogen-bond acceptors (Lipinski definition) is 3. The van der Waals surface area contributed by atoms with Crippen LogP contribution in [-0.2, 0) is 9.31 Å². The maximum Gasteiger partial charge on any atom is 0.497 e. The smallest absolute Gasteiger partial charge is 0.399 e. The van der Waals surface area contributed by atoms with Crippen molar-refractivity contribution < 1.29 is 13.7 Å². The SMILES string of the molecule is CC1(C)OB(c2ccc3c(=O)cc(-c4ccccc4)[nH]c3c2F)OC1(C)C. The highest BCUT2D eigenvalue weighted by Crippen LogP contribution is 2.36. The number of fused-ring (bicyclic) bond motifs is 1. The molecule has 1 aliphatic rings. The molecule has 1 aromatic heterocycles. The molecule has 2 aromatic carbocycles. The zero-order valence-electron chi connectivity index (χ0n) is 15.8. The van der Waals surface area contributed by atoms with Crippen molar-refractivity contribution in [3.05, 3.63) is 64.6 Å². The molecule has 1 N–H and O–H groups in total. The number of benzene rings is 2. The van der Waals surface area contributed by atoms with Crippen LogP contribution in [0.2, 0.25) is 0 Å². The molecule has 138 valence electrons. The molecule has 0 atom stereocenters. The molecule has 3 aromatic rings. The van der Waals surface area contributed by atoms with Crippen LogP contribution in [0.3, 0.4) is 0 Å². The third-order valence-corrected chi connectivity index (χ3v) is 5.56. The lowest BCUT2D eigenvalue weighted by molar-refractivity contribution is 0.00578. The lowest BCUT2D eigenvalue weighted by atomic mass is 9.78. The van der Waals surface area contributed by atoms with Gasteiger partial charge in [0.15, 0.2) is 5.43 Å². The summed E-state index contributed by atoms with van der Waals surface area (Å²) in [7, 11) is -0.830. The predicted octanol–water partition coefficient (Wildman–Crippen LogP) is 3.63. The summed E-state index contributed by atoms with van der Waals surface area (Å²) < 4.78 is 27.3. The van der Waals surface area contributed by atoms with Crippen LogP contribution < -0.4 is 10.9 Å². The van der Waals surface area contributed by atoms with Crippen LogP contribution in [0, 0.1) is 5.82 Å². The molecule has 4 nitrogen and oxygen atoms in total. The van der Waals surface area contributed by atoms with Gasteiger partial charge in [0, 0.05) is 22.6 Å². The number of halogens is 1. The highest BCUT2D eigenvalue weighted by Gasteiger charge is 2.52. The molecule has 0 aliphatic carbocycles. The number of pyridine rings is 1. The van der Waals surface area contributed by atoms with Crippen LogP contribution in [0.1, 0.15) is 27.7 Å². The molecule has 1 fully saturated rings. The number of nitrogens with one attached hydrogen (secondary N) is 1. The number of aromatic nitrogens is 1. The van der Waals surface area contributed by atoms with E-state index >= 15 is 4.39 Å². The van der Waals surface area contributed by atoms with Crippen molar-refractivity contribution in [1.29, 1.82) is 0 Å². The van der Waals surface area contributed by atoms with Crippen molar-refractivity contribution in [2.75, 3.05) is 0 Å². The largest absolute Gasteiger partial charge is 0.497 e. The Labute approximate surface area is 157 Å². The van der Waals surface area contributed by atoms with Crippen molar-refractivity contribution in [3.63, 3.8) is 0 Å². The van der Waals surface area contributed by atoms with Gasteiger partial charge in [-0.05, 0) is 39.3 Å². The topological polar surface area (TPSA) is 51.3 Å². The van der Waals surface area contributed by atoms with Gasteiger partial charge < -0.3 is 14.3 Å². The maximum atomic E-state index is 15.4. The first-order valence-electron chi connectivity index (χ1n) is 8.96. The van der Waals surface area contributed by atoms with Gasteiger partial charge in [0.05, 0.1) is 16.7 Å². The van der Waals surface area contributed by atoms with Gasteiger partial charge in [0.1, 0.15) is 5.82 Å². The van der Waals surface area contributed by atoms with E-state index in [2.05, 4.69) is 4.98 Å². The van der Waals surface area contributed by atoms with Crippen molar-refractivity contribution >= 4 is 23.5 Å². The second-order valence-electron chi connectivity index (χ2n) is 7.89. The molecule has 4 rings (SSSR count). The van der Waals surface area contributed by atoms with Crippen LogP contribution in [0.4, 0.5) is 4.39 Å². The lowest BCUT2D eigenvalue weighted by Crippen LogP contribution is -2.41. The fourth-order valence-electron chi connectivity index (χ4n) is 3.22. The van der Waals surface area contributed by atoms with Gasteiger partial charge in [0.25, 0.3) is 0 Å². The molecule has 0 bridgehead atoms. The maximum absolute atomic E-state index is 15.4. The summed E-state index contributed by atoms with van der Waals surface area (Å²) in [5, 5.41) is 0.299. The molecule has 0 amide bonds. The summed E-state index contributed by atoms with van der Waals surface area (Å²) in [4.78, 5) is 15.6. The Hall–Kier alpha value is -2.44. The predicted molar refractivity (Wildman–Crippen MR) is 106 cm³/mol. The highest BCUT2D eigenvalue weighted by atomic mass is 19.1. The molecule has 1 aliphatic heterocycles. The zero-order chi connectivity index (χ0) is 19.4. The lowest BCUT2D eigenvalue weighted by Gasteiger charge is -2.32. The Bertz CT molecular complexity index is 1060. The Morgan fingerprint density at radius 1 is 0.963 bits per heavy atom. The van der Waals surface area contributed by atoms with Gasteiger partial charge in [-0.15, -0.1) is 0 Å². The number of rotatable bonds is 2. The minimum Gasteiger partial charge on any atom is -0.399 e. The monoisotopic (exact) mass is 365 g/mol. The Morgan fingerprint density at radius 3 is 2.22 bits per heavy atom. The van der Waals surface area contributed by atoms with E-state index in [4.69, 9.17) is 9.31 Å². The highest BCUT2D eigenvalue weighted by molar-refractivity contribution is 6.62. The standard InChI is InChI=1S/C21H21BFNO3/c1-20(2)21(3,4)27-22(26-20)15-11-10-14-17(25)12-16(24-19(14)18(15)23)13-8-6-5-7-9-13/h5-12H,1-4H3,(H,24,25). The molecule has 6 heteroatoms. The van der Waals surface area contributed by atoms with Gasteiger partial charge in [-0.25, -0.2) is 4.39 Å². The quantitative estimate of drug-likeness (QED) is 0.706. The molecule has 0 saturated carbocycles. The van der Waals surface area contributed by atoms with Crippen molar-refractivity contribution in [2.45, 2.75) is 38.9 Å². The average Bonchev–Trinajstić information content (AvgIpc) is 2.84. The van der Waals surface area contributed by atoms with Crippen LogP contribution in [0.25, 0.3) is 22.2 Å². The second-order valence-corrected chi connectivity index (χ2v) is 7.89. The van der Waals surface area contributed by atoms with Crippen molar-refractivity contribution in [2.24, 2.45) is 0 Å². The van der Waals surface area contributed by atoms with Gasteiger partial charge in [-0.2, -0.15) is 0 Å². The number of aromatic amines is 1. The van der Waals surface area contributed by atoms with E-state index in [-0.39, 0.29) is 16.4 Å². The van der Waals surface area contributed by atoms with E-state index in [9.17, 15) is 4.79 Å². The molecule has 0 unspecified atom stereocenters. The van der Waals surface area contributed by atoms with E-state index in [1.54, 1.807) is 12.1 Å². The first-order valence-corrected chi connectivity index (χ1v) is 8.96. The molecular formula is C21H21BFNO3. The van der Waals surface area contributed by atoms with E-state index in [1.165, 1.54) is 6.07 Å². The van der Waals surface area contributed by atoms with Crippen molar-refractivity contribution in [1.82, 2.24) is 4.98 Å². The van der Waals surface area contributed by atoms with E-state index in [0.29, 0.717) is 11.1 Å². The van der Waals surface area contributed by atoms with Gasteiger partial charge in [-0.1, -0.05) is 36.4 Å². The molecular weight excluding hydrogens is 344 g/mol. The fraction of sp³-hybridized carbons (Fsp3) is 0.286. The molecule has 1 saturated heterocycles. The molecule has 27 heavy (non-hydrogen) atoms. The number of H-pyrrole nitrogens is 1. The van der Waals surface area contributed by atoms with Crippen LogP contribution >= 0.6 is 0 Å². The Balaban J connectivity index is 1.86. The van der Waals surface area contributed by atoms with Crippen molar-refractivity contribution in [3.8, 4) is 11.3 Å². The van der Waals surface area contributed by atoms with E-state index < -0.39 is 24.1 Å². The third kappa shape index (κ3) is 2.89. The zero-order valence-corrected chi connectivity index (χ0v) is 15.8. The summed E-state index contributed by atoms with van der Waals surface area (Å²) >= 11 is 0. The average molecular weight is 365 g/mol. The molecule has 0 radical (unpaired) electrons. The van der Waals surface area contributed by atoms with E-state index in [0.717, 1.165) is 5.56 Å². The van der Waals surface area contributed by atoms with Gasteiger partial charge >= 0.3 is 7.12 Å². The summed E-state index contributed by atoms with van der Waals surface area (Å²) in [5.74, 6) is -0.527. The first-order chi connectivity index (χ1) is 12.7. The van der Waals surface area contributed by atoms with E-state index in [1.807, 2.05) is 58.0 Å². The first kappa shape index (κ1) is 18.0. The van der Waals surface area contributed by atoms with Gasteiger partial charge in [-0.3, -0.25) is 4.79 Å². The van der Waals surface area contributed by atoms with Crippen LogP contribution in [-0.4, -0.2) is 23.3 Å². The fourth-order valence-corrected chi connectivity index (χ4v) is 3.22. The molecule has 0 spiro atoms. The van der Waals surface area contributed by atoms with Crippen LogP contribution in [0.5, 0.6) is 0 Å². The number of hydrogen-bond donors (Lipinski definition) is 1. The minimum absolute atomic E-state index is 0.161. The Morgan fingerprint density at radius 2 is 1.59 bits per heavy atom. The summed E-state index contributed by atoms with van der Waals surface area (Å²) in [6, 6.07) is 14.0. The molecule has 2 heterocycles. The van der Waals surface area contributed by atoms with Gasteiger partial charge in [0.2, 0.25) is 0 Å². The third-order valence-electron chi connectivity index (χ3n) is 5.56. The normalized spacial score (nSPS) is 18.2. The summed E-state index contributed by atoms with van der Waals surface area (Å²) in [6.45, 7) is 7.67. The second kappa shape index (κ2) is 6.04.